The van der Waals surface area contributed by atoms with Crippen LogP contribution in [0.4, 0.5) is 0 Å². The van der Waals surface area contributed by atoms with Gasteiger partial charge < -0.3 is 9.47 Å². The highest BCUT2D eigenvalue weighted by Gasteiger charge is 2.27. The number of amides is 1. The lowest BCUT2D eigenvalue weighted by molar-refractivity contribution is -0.126. The third kappa shape index (κ3) is 3.95. The number of carbonyl (C=O) groups excluding carboxylic acids is 1. The predicted molar refractivity (Wildman–Crippen MR) is 107 cm³/mol. The van der Waals surface area contributed by atoms with Gasteiger partial charge in [-0.05, 0) is 18.4 Å². The normalized spacial score (nSPS) is 16.9. The van der Waals surface area contributed by atoms with Crippen molar-refractivity contribution in [3.63, 3.8) is 0 Å². The Kier molecular flexibility index (Phi) is 5.05. The van der Waals surface area contributed by atoms with Crippen molar-refractivity contribution >= 4 is 5.91 Å². The molecular formula is C23H25N3O. The predicted octanol–water partition coefficient (Wildman–Crippen LogP) is 3.81. The minimum atomic E-state index is 0.245. The Bertz CT molecular complexity index is 902. The van der Waals surface area contributed by atoms with Gasteiger partial charge in [0.05, 0.1) is 12.0 Å². The van der Waals surface area contributed by atoms with E-state index in [4.69, 9.17) is 4.98 Å². The van der Waals surface area contributed by atoms with E-state index in [0.717, 1.165) is 37.2 Å². The third-order valence-corrected chi connectivity index (χ3v) is 5.36. The molecule has 4 nitrogen and oxygen atoms in total. The van der Waals surface area contributed by atoms with Crippen LogP contribution in [0, 0.1) is 5.92 Å². The second-order valence-corrected chi connectivity index (χ2v) is 7.39. The van der Waals surface area contributed by atoms with Gasteiger partial charge in [0.25, 0.3) is 0 Å². The van der Waals surface area contributed by atoms with E-state index < -0.39 is 0 Å². The summed E-state index contributed by atoms with van der Waals surface area (Å²) in [6, 6.07) is 21.0. The van der Waals surface area contributed by atoms with E-state index in [1.165, 1.54) is 11.3 Å². The van der Waals surface area contributed by atoms with Crippen LogP contribution in [-0.4, -0.2) is 34.0 Å². The number of benzene rings is 2. The molecule has 4 heteroatoms. The molecular weight excluding hydrogens is 334 g/mol. The van der Waals surface area contributed by atoms with Crippen molar-refractivity contribution in [3.8, 4) is 11.3 Å². The van der Waals surface area contributed by atoms with Crippen LogP contribution in [0.15, 0.2) is 67.0 Å². The molecule has 1 atom stereocenters. The Morgan fingerprint density at radius 1 is 1.00 bits per heavy atom. The summed E-state index contributed by atoms with van der Waals surface area (Å²) in [4.78, 5) is 18.5. The molecule has 1 fully saturated rings. The van der Waals surface area contributed by atoms with Crippen LogP contribution in [0.1, 0.15) is 17.7 Å². The van der Waals surface area contributed by atoms with Crippen molar-refractivity contribution in [2.45, 2.75) is 25.8 Å². The lowest BCUT2D eigenvalue weighted by atomic mass is 10.0. The molecule has 1 aromatic heterocycles. The number of hydrogen-bond donors (Lipinski definition) is 0. The fraction of sp³-hybridized carbons (Fsp3) is 0.304. The first-order chi connectivity index (χ1) is 13.2. The summed E-state index contributed by atoms with van der Waals surface area (Å²) in [6.07, 6.45) is 4.50. The largest absolute Gasteiger partial charge is 0.345 e. The number of aromatic nitrogens is 2. The lowest BCUT2D eigenvalue weighted by Gasteiger charge is -2.15. The van der Waals surface area contributed by atoms with Crippen molar-refractivity contribution in [2.75, 3.05) is 13.6 Å². The van der Waals surface area contributed by atoms with Gasteiger partial charge >= 0.3 is 0 Å². The van der Waals surface area contributed by atoms with Crippen LogP contribution in [0.5, 0.6) is 0 Å². The van der Waals surface area contributed by atoms with E-state index in [0.29, 0.717) is 12.3 Å². The van der Waals surface area contributed by atoms with Gasteiger partial charge in [0.15, 0.2) is 0 Å². The quantitative estimate of drug-likeness (QED) is 0.671. The lowest BCUT2D eigenvalue weighted by Crippen LogP contribution is -2.20. The Labute approximate surface area is 160 Å². The van der Waals surface area contributed by atoms with Crippen LogP contribution in [0.25, 0.3) is 11.3 Å². The Morgan fingerprint density at radius 2 is 1.70 bits per heavy atom. The summed E-state index contributed by atoms with van der Waals surface area (Å²) >= 11 is 0. The average molecular weight is 359 g/mol. The molecule has 0 radical (unpaired) electrons. The smallest absolute Gasteiger partial charge is 0.222 e. The maximum absolute atomic E-state index is 11.9. The van der Waals surface area contributed by atoms with Crippen molar-refractivity contribution < 1.29 is 4.79 Å². The summed E-state index contributed by atoms with van der Waals surface area (Å²) < 4.78 is 2.27. The molecule has 2 aromatic carbocycles. The van der Waals surface area contributed by atoms with E-state index in [9.17, 15) is 4.79 Å². The number of carbonyl (C=O) groups is 1. The fourth-order valence-corrected chi connectivity index (χ4v) is 3.93. The average Bonchev–Trinajstić information content (AvgIpc) is 3.24. The number of hydrogen-bond acceptors (Lipinski definition) is 2. The van der Waals surface area contributed by atoms with Gasteiger partial charge in [0, 0.05) is 43.7 Å². The molecule has 138 valence electrons. The maximum Gasteiger partial charge on any atom is 0.222 e. The summed E-state index contributed by atoms with van der Waals surface area (Å²) in [7, 11) is 1.89. The van der Waals surface area contributed by atoms with Crippen LogP contribution in [0.2, 0.25) is 0 Å². The molecule has 0 spiro atoms. The number of aryl methyl sites for hydroxylation is 1. The van der Waals surface area contributed by atoms with Gasteiger partial charge in [0.2, 0.25) is 5.91 Å². The molecule has 1 saturated heterocycles. The Morgan fingerprint density at radius 3 is 2.37 bits per heavy atom. The molecule has 0 bridgehead atoms. The van der Waals surface area contributed by atoms with Gasteiger partial charge in [-0.3, -0.25) is 4.79 Å². The first-order valence-electron chi connectivity index (χ1n) is 9.58. The number of nitrogens with zero attached hydrogens (tertiary/aromatic N) is 3. The van der Waals surface area contributed by atoms with Crippen LogP contribution < -0.4 is 0 Å². The Balaban J connectivity index is 1.60. The molecule has 2 heterocycles. The first kappa shape index (κ1) is 17.5. The molecule has 0 aliphatic carbocycles. The first-order valence-corrected chi connectivity index (χ1v) is 9.58. The molecule has 0 saturated carbocycles. The van der Waals surface area contributed by atoms with E-state index in [2.05, 4.69) is 59.2 Å². The SMILES string of the molecule is CN1C[C@H](Cn2cnc(-c3ccccc3)c2CCc2ccccc2)CC1=O. The molecule has 4 rings (SSSR count). The van der Waals surface area contributed by atoms with Gasteiger partial charge in [-0.1, -0.05) is 60.7 Å². The maximum atomic E-state index is 11.9. The van der Waals surface area contributed by atoms with Gasteiger partial charge in [-0.15, -0.1) is 0 Å². The molecule has 1 aliphatic heterocycles. The highest BCUT2D eigenvalue weighted by Crippen LogP contribution is 2.26. The zero-order valence-corrected chi connectivity index (χ0v) is 15.7. The minimum Gasteiger partial charge on any atom is -0.345 e. The summed E-state index contributed by atoms with van der Waals surface area (Å²) in [5, 5.41) is 0. The molecule has 1 amide bonds. The summed E-state index contributed by atoms with van der Waals surface area (Å²) in [5.41, 5.74) is 4.80. The van der Waals surface area contributed by atoms with Crippen LogP contribution >= 0.6 is 0 Å². The second-order valence-electron chi connectivity index (χ2n) is 7.39. The van der Waals surface area contributed by atoms with Gasteiger partial charge in [0.1, 0.15) is 0 Å². The Hall–Kier alpha value is -2.88. The molecule has 3 aromatic rings. The standard InChI is InChI=1S/C23H25N3O/c1-25-15-19(14-22(25)27)16-26-17-24-23(20-10-6-3-7-11-20)21(26)13-12-18-8-4-2-5-9-18/h2-11,17,19H,12-16H2,1H3/t19-/m1/s1. The molecule has 1 aliphatic rings. The minimum absolute atomic E-state index is 0.245. The number of imidazole rings is 1. The zero-order valence-electron chi connectivity index (χ0n) is 15.7. The van der Waals surface area contributed by atoms with Crippen molar-refractivity contribution in [1.82, 2.24) is 14.5 Å². The van der Waals surface area contributed by atoms with Crippen LogP contribution in [-0.2, 0) is 24.2 Å². The topological polar surface area (TPSA) is 38.1 Å². The molecule has 0 unspecified atom stereocenters. The van der Waals surface area contributed by atoms with Crippen molar-refractivity contribution in [1.29, 1.82) is 0 Å². The van der Waals surface area contributed by atoms with Crippen molar-refractivity contribution in [3.05, 3.63) is 78.2 Å². The molecule has 27 heavy (non-hydrogen) atoms. The van der Waals surface area contributed by atoms with Crippen molar-refractivity contribution in [2.24, 2.45) is 5.92 Å². The van der Waals surface area contributed by atoms with E-state index in [-0.39, 0.29) is 5.91 Å². The van der Waals surface area contributed by atoms with E-state index >= 15 is 0 Å². The molecule has 0 N–H and O–H groups in total. The highest BCUT2D eigenvalue weighted by atomic mass is 16.2. The monoisotopic (exact) mass is 359 g/mol. The number of likely N-dealkylation sites (tertiary alicyclic amines) is 1. The fourth-order valence-electron chi connectivity index (χ4n) is 3.93. The highest BCUT2D eigenvalue weighted by molar-refractivity contribution is 5.78. The van der Waals surface area contributed by atoms with Gasteiger partial charge in [-0.25, -0.2) is 4.98 Å². The third-order valence-electron chi connectivity index (χ3n) is 5.36. The summed E-state index contributed by atoms with van der Waals surface area (Å²) in [6.45, 7) is 1.68. The van der Waals surface area contributed by atoms with E-state index in [1.54, 1.807) is 0 Å². The second kappa shape index (κ2) is 7.78. The number of rotatable bonds is 6. The zero-order chi connectivity index (χ0) is 18.6. The van der Waals surface area contributed by atoms with Gasteiger partial charge in [-0.2, -0.15) is 0 Å². The van der Waals surface area contributed by atoms with E-state index in [1.807, 2.05) is 24.3 Å². The summed E-state index contributed by atoms with van der Waals surface area (Å²) in [5.74, 6) is 0.602. The van der Waals surface area contributed by atoms with Crippen LogP contribution in [0.3, 0.4) is 0 Å².